The number of hydrogen-bond acceptors (Lipinski definition) is 5. The van der Waals surface area contributed by atoms with Gasteiger partial charge in [-0.05, 0) is 50.6 Å². The van der Waals surface area contributed by atoms with E-state index in [1.54, 1.807) is 36.4 Å². The highest BCUT2D eigenvalue weighted by molar-refractivity contribution is 6.02. The Labute approximate surface area is 164 Å². The van der Waals surface area contributed by atoms with Gasteiger partial charge < -0.3 is 25.1 Å². The van der Waals surface area contributed by atoms with E-state index < -0.39 is 0 Å². The van der Waals surface area contributed by atoms with E-state index in [9.17, 15) is 9.59 Å². The van der Waals surface area contributed by atoms with E-state index in [1.807, 2.05) is 0 Å². The van der Waals surface area contributed by atoms with Gasteiger partial charge in [-0.1, -0.05) is 6.07 Å². The predicted molar refractivity (Wildman–Crippen MR) is 104 cm³/mol. The molecule has 7 nitrogen and oxygen atoms in total. The molecule has 0 radical (unpaired) electrons. The van der Waals surface area contributed by atoms with Gasteiger partial charge in [0.05, 0.1) is 6.26 Å². The van der Waals surface area contributed by atoms with Gasteiger partial charge in [0, 0.05) is 23.8 Å². The lowest BCUT2D eigenvalue weighted by Crippen LogP contribution is -2.47. The fourth-order valence-electron chi connectivity index (χ4n) is 2.95. The number of nitrogens with one attached hydrogen (secondary N) is 3. The van der Waals surface area contributed by atoms with E-state index in [1.165, 1.54) is 6.26 Å². The van der Waals surface area contributed by atoms with Crippen molar-refractivity contribution in [3.05, 3.63) is 48.4 Å². The van der Waals surface area contributed by atoms with Crippen LogP contribution in [0.15, 0.2) is 47.1 Å². The summed E-state index contributed by atoms with van der Waals surface area (Å²) in [4.78, 5) is 24.1. The van der Waals surface area contributed by atoms with Crippen LogP contribution in [-0.4, -0.2) is 37.0 Å². The van der Waals surface area contributed by atoms with Gasteiger partial charge in [-0.15, -0.1) is 12.4 Å². The lowest BCUT2D eigenvalue weighted by atomic mass is 10.0. The average molecular weight is 394 g/mol. The Hall–Kier alpha value is -2.51. The van der Waals surface area contributed by atoms with E-state index in [0.29, 0.717) is 17.5 Å². The van der Waals surface area contributed by atoms with Crippen molar-refractivity contribution in [2.24, 2.45) is 0 Å². The predicted octanol–water partition coefficient (Wildman–Crippen LogP) is 2.59. The van der Waals surface area contributed by atoms with E-state index in [0.717, 1.165) is 19.4 Å². The van der Waals surface area contributed by atoms with Crippen LogP contribution in [0.2, 0.25) is 0 Å². The van der Waals surface area contributed by atoms with Gasteiger partial charge >= 0.3 is 0 Å². The minimum Gasteiger partial charge on any atom is -0.484 e. The zero-order chi connectivity index (χ0) is 18.4. The Morgan fingerprint density at radius 1 is 1.30 bits per heavy atom. The molecule has 3 rings (SSSR count). The van der Waals surface area contributed by atoms with Gasteiger partial charge in [0.1, 0.15) is 5.75 Å². The number of amides is 2. The molecule has 0 saturated carbocycles. The third kappa shape index (κ3) is 6.30. The SMILES string of the molecule is CC1CC(NC(=O)COc2cccc(NC(=O)c3ccco3)c2)CCN1.Cl. The average Bonchev–Trinajstić information content (AvgIpc) is 3.15. The second-order valence-electron chi connectivity index (χ2n) is 6.39. The number of ether oxygens (including phenoxy) is 1. The molecule has 1 aliphatic heterocycles. The summed E-state index contributed by atoms with van der Waals surface area (Å²) in [6.45, 7) is 2.95. The van der Waals surface area contributed by atoms with E-state index >= 15 is 0 Å². The zero-order valence-electron chi connectivity index (χ0n) is 15.1. The molecule has 146 valence electrons. The number of carbonyl (C=O) groups excluding carboxylic acids is 2. The number of carbonyl (C=O) groups is 2. The summed E-state index contributed by atoms with van der Waals surface area (Å²) in [5, 5.41) is 9.07. The maximum Gasteiger partial charge on any atom is 0.291 e. The molecule has 1 saturated heterocycles. The van der Waals surface area contributed by atoms with Crippen LogP contribution in [0.1, 0.15) is 30.3 Å². The highest BCUT2D eigenvalue weighted by atomic mass is 35.5. The fraction of sp³-hybridized carbons (Fsp3) is 0.368. The quantitative estimate of drug-likeness (QED) is 0.701. The molecule has 1 aromatic heterocycles. The maximum absolute atomic E-state index is 12.1. The van der Waals surface area contributed by atoms with Crippen LogP contribution < -0.4 is 20.7 Å². The maximum atomic E-state index is 12.1. The second kappa shape index (κ2) is 9.99. The number of piperidine rings is 1. The first-order chi connectivity index (χ1) is 12.6. The number of benzene rings is 1. The molecule has 0 spiro atoms. The Balaban J connectivity index is 0.00000261. The summed E-state index contributed by atoms with van der Waals surface area (Å²) >= 11 is 0. The first-order valence-corrected chi connectivity index (χ1v) is 8.70. The summed E-state index contributed by atoms with van der Waals surface area (Å²) in [5.41, 5.74) is 0.566. The number of halogens is 1. The van der Waals surface area contributed by atoms with E-state index in [2.05, 4.69) is 22.9 Å². The van der Waals surface area contributed by atoms with Crippen LogP contribution in [0.5, 0.6) is 5.75 Å². The van der Waals surface area contributed by atoms with Crippen molar-refractivity contribution in [2.75, 3.05) is 18.5 Å². The normalized spacial score (nSPS) is 18.9. The standard InChI is InChI=1S/C19H23N3O4.ClH/c1-13-10-15(7-8-20-13)21-18(23)12-26-16-5-2-4-14(11-16)22-19(24)17-6-3-9-25-17;/h2-6,9,11,13,15,20H,7-8,10,12H2,1H3,(H,21,23)(H,22,24);1H. The minimum absolute atomic E-state index is 0. The van der Waals surface area contributed by atoms with Crippen molar-refractivity contribution in [1.82, 2.24) is 10.6 Å². The molecule has 27 heavy (non-hydrogen) atoms. The summed E-state index contributed by atoms with van der Waals surface area (Å²) in [7, 11) is 0. The third-order valence-corrected chi connectivity index (χ3v) is 4.20. The highest BCUT2D eigenvalue weighted by Gasteiger charge is 2.20. The van der Waals surface area contributed by atoms with Gasteiger partial charge in [0.2, 0.25) is 0 Å². The molecule has 2 amide bonds. The van der Waals surface area contributed by atoms with Crippen molar-refractivity contribution in [3.8, 4) is 5.75 Å². The molecule has 1 fully saturated rings. The van der Waals surface area contributed by atoms with Gasteiger partial charge in [-0.3, -0.25) is 9.59 Å². The summed E-state index contributed by atoms with van der Waals surface area (Å²) < 4.78 is 10.6. The second-order valence-corrected chi connectivity index (χ2v) is 6.39. The Morgan fingerprint density at radius 3 is 2.89 bits per heavy atom. The zero-order valence-corrected chi connectivity index (χ0v) is 15.9. The van der Waals surface area contributed by atoms with E-state index in [-0.39, 0.29) is 42.6 Å². The molecular weight excluding hydrogens is 370 g/mol. The van der Waals surface area contributed by atoms with Gasteiger partial charge in [0.25, 0.3) is 11.8 Å². The van der Waals surface area contributed by atoms with Crippen LogP contribution in [0.3, 0.4) is 0 Å². The molecule has 1 aliphatic rings. The monoisotopic (exact) mass is 393 g/mol. The van der Waals surface area contributed by atoms with E-state index in [4.69, 9.17) is 9.15 Å². The molecule has 1 aromatic carbocycles. The van der Waals surface area contributed by atoms with Crippen LogP contribution in [0, 0.1) is 0 Å². The van der Waals surface area contributed by atoms with Crippen molar-refractivity contribution in [2.45, 2.75) is 31.8 Å². The molecular formula is C19H24ClN3O4. The van der Waals surface area contributed by atoms with Crippen LogP contribution >= 0.6 is 12.4 Å². The summed E-state index contributed by atoms with van der Waals surface area (Å²) in [5.74, 6) is 0.252. The highest BCUT2D eigenvalue weighted by Crippen LogP contribution is 2.18. The van der Waals surface area contributed by atoms with Gasteiger partial charge in [0.15, 0.2) is 12.4 Å². The molecule has 0 aliphatic carbocycles. The largest absolute Gasteiger partial charge is 0.484 e. The molecule has 0 bridgehead atoms. The molecule has 2 unspecified atom stereocenters. The molecule has 2 aromatic rings. The fourth-order valence-corrected chi connectivity index (χ4v) is 2.95. The molecule has 8 heteroatoms. The number of anilines is 1. The van der Waals surface area contributed by atoms with Crippen molar-refractivity contribution in [1.29, 1.82) is 0 Å². The lowest BCUT2D eigenvalue weighted by molar-refractivity contribution is -0.124. The van der Waals surface area contributed by atoms with Crippen molar-refractivity contribution in [3.63, 3.8) is 0 Å². The number of hydrogen-bond donors (Lipinski definition) is 3. The summed E-state index contributed by atoms with van der Waals surface area (Å²) in [6, 6.07) is 10.7. The number of furan rings is 1. The van der Waals surface area contributed by atoms with Crippen LogP contribution in [0.4, 0.5) is 5.69 Å². The minimum atomic E-state index is -0.343. The Morgan fingerprint density at radius 2 is 2.15 bits per heavy atom. The molecule has 3 N–H and O–H groups in total. The first-order valence-electron chi connectivity index (χ1n) is 8.70. The van der Waals surface area contributed by atoms with Gasteiger partial charge in [-0.25, -0.2) is 0 Å². The van der Waals surface area contributed by atoms with Crippen LogP contribution in [0.25, 0.3) is 0 Å². The molecule has 2 heterocycles. The Kier molecular flexibility index (Phi) is 7.69. The molecule has 2 atom stereocenters. The number of rotatable bonds is 6. The van der Waals surface area contributed by atoms with Crippen molar-refractivity contribution >= 4 is 29.9 Å². The first kappa shape index (κ1) is 20.8. The topological polar surface area (TPSA) is 92.6 Å². The third-order valence-electron chi connectivity index (χ3n) is 4.20. The van der Waals surface area contributed by atoms with Crippen molar-refractivity contribution < 1.29 is 18.7 Å². The van der Waals surface area contributed by atoms with Crippen LogP contribution in [-0.2, 0) is 4.79 Å². The Bertz CT molecular complexity index is 751. The lowest BCUT2D eigenvalue weighted by Gasteiger charge is -2.28. The van der Waals surface area contributed by atoms with Gasteiger partial charge in [-0.2, -0.15) is 0 Å². The summed E-state index contributed by atoms with van der Waals surface area (Å²) in [6.07, 6.45) is 3.28. The smallest absolute Gasteiger partial charge is 0.291 e.